The van der Waals surface area contributed by atoms with Crippen LogP contribution in [0, 0.1) is 0 Å². The Morgan fingerprint density at radius 1 is 0.688 bits per heavy atom. The molecule has 0 aromatic heterocycles. The molecular formula is C19H39N5O8. The molecule has 0 rings (SSSR count). The van der Waals surface area contributed by atoms with E-state index in [4.69, 9.17) is 25.5 Å². The highest BCUT2D eigenvalue weighted by Crippen LogP contribution is 1.97. The van der Waals surface area contributed by atoms with Crippen molar-refractivity contribution in [1.82, 2.24) is 24.9 Å². The Labute approximate surface area is 188 Å². The van der Waals surface area contributed by atoms with E-state index < -0.39 is 5.97 Å². The number of aliphatic carboxylic acids is 1. The first-order valence-electron chi connectivity index (χ1n) is 10.6. The molecule has 0 aromatic rings. The second-order valence-electron chi connectivity index (χ2n) is 7.24. The van der Waals surface area contributed by atoms with Crippen molar-refractivity contribution in [2.24, 2.45) is 0 Å². The largest absolute Gasteiger partial charge is 0.480 e. The zero-order chi connectivity index (χ0) is 24.4. The van der Waals surface area contributed by atoms with Gasteiger partial charge in [-0.2, -0.15) is 0 Å². The van der Waals surface area contributed by atoms with Crippen LogP contribution in [0.25, 0.3) is 0 Å². The van der Waals surface area contributed by atoms with Crippen molar-refractivity contribution in [1.29, 1.82) is 0 Å². The van der Waals surface area contributed by atoms with E-state index in [0.29, 0.717) is 26.2 Å². The first-order valence-corrected chi connectivity index (χ1v) is 10.6. The van der Waals surface area contributed by atoms with Crippen LogP contribution in [0.3, 0.4) is 0 Å². The molecule has 188 valence electrons. The molecule has 6 N–H and O–H groups in total. The van der Waals surface area contributed by atoms with Crippen molar-refractivity contribution in [3.05, 3.63) is 0 Å². The van der Waals surface area contributed by atoms with Gasteiger partial charge in [0.1, 0.15) is 0 Å². The Morgan fingerprint density at radius 3 is 1.66 bits per heavy atom. The summed E-state index contributed by atoms with van der Waals surface area (Å²) >= 11 is 0. The molecule has 32 heavy (non-hydrogen) atoms. The lowest BCUT2D eigenvalue weighted by Gasteiger charge is -2.27. The van der Waals surface area contributed by atoms with Gasteiger partial charge in [0.05, 0.1) is 46.1 Å². The molecule has 13 nitrogen and oxygen atoms in total. The quantitative estimate of drug-likeness (QED) is 0.0955. The van der Waals surface area contributed by atoms with Crippen LogP contribution >= 0.6 is 0 Å². The molecule has 0 spiro atoms. The lowest BCUT2D eigenvalue weighted by atomic mass is 10.3. The molecule has 0 aromatic carbocycles. The number of likely N-dealkylation sites (N-methyl/N-ethyl adjacent to an activating group) is 1. The Hall–Kier alpha value is -1.87. The molecule has 0 saturated heterocycles. The van der Waals surface area contributed by atoms with E-state index in [9.17, 15) is 14.4 Å². The van der Waals surface area contributed by atoms with Gasteiger partial charge in [-0.3, -0.25) is 19.3 Å². The molecule has 0 aliphatic heterocycles. The number of rotatable bonds is 20. The standard InChI is InChI=1S/C19H39N5O8/c1-21(3-2-20-14-17(29)23(6-10-25)7-11-26)4-5-22(16-19(31)32)15-18(30)24(8-12-27)9-13-28/h20,25-28H,2-16H2,1H3,(H,31,32). The van der Waals surface area contributed by atoms with E-state index in [-0.39, 0.29) is 84.1 Å². The van der Waals surface area contributed by atoms with Gasteiger partial charge in [0, 0.05) is 52.4 Å². The van der Waals surface area contributed by atoms with Crippen molar-refractivity contribution in [3.8, 4) is 0 Å². The number of hydrogen-bond acceptors (Lipinski definition) is 10. The number of carbonyl (C=O) groups excluding carboxylic acids is 2. The molecular weight excluding hydrogens is 426 g/mol. The van der Waals surface area contributed by atoms with E-state index >= 15 is 0 Å². The molecule has 0 atom stereocenters. The molecule has 0 saturated carbocycles. The van der Waals surface area contributed by atoms with Crippen LogP contribution in [0.5, 0.6) is 0 Å². The Balaban J connectivity index is 4.44. The maximum Gasteiger partial charge on any atom is 0.317 e. The van der Waals surface area contributed by atoms with E-state index in [0.717, 1.165) is 0 Å². The fraction of sp³-hybridized carbons (Fsp3) is 0.842. The highest BCUT2D eigenvalue weighted by atomic mass is 16.4. The third kappa shape index (κ3) is 14.2. The van der Waals surface area contributed by atoms with Gasteiger partial charge in [0.2, 0.25) is 11.8 Å². The summed E-state index contributed by atoms with van der Waals surface area (Å²) in [5.74, 6) is -1.66. The normalized spacial score (nSPS) is 11.2. The first-order chi connectivity index (χ1) is 15.3. The second kappa shape index (κ2) is 18.7. The summed E-state index contributed by atoms with van der Waals surface area (Å²) in [7, 11) is 1.83. The van der Waals surface area contributed by atoms with E-state index in [2.05, 4.69) is 5.32 Å². The van der Waals surface area contributed by atoms with Crippen LogP contribution in [0.2, 0.25) is 0 Å². The summed E-state index contributed by atoms with van der Waals surface area (Å²) in [5, 5.41) is 48.1. The van der Waals surface area contributed by atoms with E-state index in [1.807, 2.05) is 11.9 Å². The molecule has 0 unspecified atom stereocenters. The summed E-state index contributed by atoms with van der Waals surface area (Å²) in [6, 6.07) is 0. The topological polar surface area (TPSA) is 177 Å². The van der Waals surface area contributed by atoms with Crippen LogP contribution in [-0.2, 0) is 14.4 Å². The molecule has 2 amide bonds. The number of carboxylic acids is 1. The van der Waals surface area contributed by atoms with Gasteiger partial charge < -0.3 is 45.5 Å². The summed E-state index contributed by atoms with van der Waals surface area (Å²) in [6.07, 6.45) is 0. The molecule has 13 heteroatoms. The van der Waals surface area contributed by atoms with Crippen molar-refractivity contribution in [2.75, 3.05) is 105 Å². The average molecular weight is 466 g/mol. The Kier molecular flexibility index (Phi) is 17.6. The lowest BCUT2D eigenvalue weighted by Crippen LogP contribution is -2.46. The number of nitrogens with one attached hydrogen (secondary N) is 1. The van der Waals surface area contributed by atoms with Crippen LogP contribution in [0.1, 0.15) is 0 Å². The van der Waals surface area contributed by atoms with E-state index in [1.54, 1.807) is 0 Å². The van der Waals surface area contributed by atoms with Crippen molar-refractivity contribution in [3.63, 3.8) is 0 Å². The molecule has 0 radical (unpaired) electrons. The third-order valence-corrected chi connectivity index (χ3v) is 4.65. The van der Waals surface area contributed by atoms with Gasteiger partial charge in [0.15, 0.2) is 0 Å². The zero-order valence-electron chi connectivity index (χ0n) is 18.9. The number of carboxylic acid groups (broad SMARTS) is 1. The minimum atomic E-state index is -1.06. The molecule has 0 aliphatic carbocycles. The zero-order valence-corrected chi connectivity index (χ0v) is 18.9. The third-order valence-electron chi connectivity index (χ3n) is 4.65. The molecule has 0 aliphatic rings. The lowest BCUT2D eigenvalue weighted by molar-refractivity contribution is -0.140. The maximum atomic E-state index is 12.4. The van der Waals surface area contributed by atoms with Crippen LogP contribution in [0.15, 0.2) is 0 Å². The smallest absolute Gasteiger partial charge is 0.317 e. The number of carbonyl (C=O) groups is 3. The van der Waals surface area contributed by atoms with Gasteiger partial charge in [-0.1, -0.05) is 0 Å². The van der Waals surface area contributed by atoms with Crippen LogP contribution in [0.4, 0.5) is 0 Å². The average Bonchev–Trinajstić information content (AvgIpc) is 2.74. The van der Waals surface area contributed by atoms with E-state index in [1.165, 1.54) is 14.7 Å². The second-order valence-corrected chi connectivity index (χ2v) is 7.24. The maximum absolute atomic E-state index is 12.4. The monoisotopic (exact) mass is 465 g/mol. The van der Waals surface area contributed by atoms with Gasteiger partial charge in [-0.25, -0.2) is 0 Å². The Bertz CT molecular complexity index is 528. The van der Waals surface area contributed by atoms with Gasteiger partial charge in [0.25, 0.3) is 0 Å². The van der Waals surface area contributed by atoms with Gasteiger partial charge >= 0.3 is 5.97 Å². The summed E-state index contributed by atoms with van der Waals surface area (Å²) in [4.78, 5) is 41.6. The summed E-state index contributed by atoms with van der Waals surface area (Å²) in [5.41, 5.74) is 0. The number of hydrogen-bond donors (Lipinski definition) is 6. The number of amides is 2. The predicted octanol–water partition coefficient (Wildman–Crippen LogP) is -4.48. The SMILES string of the molecule is CN(CCNCC(=O)N(CCO)CCO)CCN(CC(=O)O)CC(=O)N(CCO)CCO. The van der Waals surface area contributed by atoms with Crippen LogP contribution in [-0.4, -0.2) is 168 Å². The number of aliphatic hydroxyl groups is 4. The van der Waals surface area contributed by atoms with Crippen molar-refractivity contribution >= 4 is 17.8 Å². The van der Waals surface area contributed by atoms with Gasteiger partial charge in [-0.05, 0) is 7.05 Å². The minimum absolute atomic E-state index is 0.0681. The first kappa shape index (κ1) is 30.1. The Morgan fingerprint density at radius 2 is 1.19 bits per heavy atom. The fourth-order valence-corrected chi connectivity index (χ4v) is 2.90. The fourth-order valence-electron chi connectivity index (χ4n) is 2.90. The summed E-state index contributed by atoms with van der Waals surface area (Å²) in [6.45, 7) is 1.08. The van der Waals surface area contributed by atoms with Crippen molar-refractivity contribution < 1.29 is 39.9 Å². The summed E-state index contributed by atoms with van der Waals surface area (Å²) < 4.78 is 0. The number of aliphatic hydroxyl groups excluding tert-OH is 4. The minimum Gasteiger partial charge on any atom is -0.480 e. The molecule has 0 bridgehead atoms. The molecule has 0 heterocycles. The number of nitrogens with zero attached hydrogens (tertiary/aromatic N) is 4. The van der Waals surface area contributed by atoms with Crippen LogP contribution < -0.4 is 5.32 Å². The highest BCUT2D eigenvalue weighted by molar-refractivity contribution is 5.79. The van der Waals surface area contributed by atoms with Crippen molar-refractivity contribution in [2.45, 2.75) is 0 Å². The highest BCUT2D eigenvalue weighted by Gasteiger charge is 2.19. The molecule has 0 fully saturated rings. The van der Waals surface area contributed by atoms with Gasteiger partial charge in [-0.15, -0.1) is 0 Å². The predicted molar refractivity (Wildman–Crippen MR) is 116 cm³/mol.